The first-order chi connectivity index (χ1) is 6.50. The Bertz CT molecular complexity index is 240. The first kappa shape index (κ1) is 11.0. The molecule has 0 aromatic rings. The quantitative estimate of drug-likeness (QED) is 0.599. The zero-order chi connectivity index (χ0) is 10.7. The van der Waals surface area contributed by atoms with E-state index in [9.17, 15) is 9.59 Å². The fourth-order valence-corrected chi connectivity index (χ4v) is 1.80. The van der Waals surface area contributed by atoms with Crippen LogP contribution in [0.5, 0.6) is 0 Å². The molecule has 0 aromatic carbocycles. The van der Waals surface area contributed by atoms with Crippen LogP contribution in [-0.2, 0) is 9.59 Å². The van der Waals surface area contributed by atoms with E-state index in [2.05, 4.69) is 10.2 Å². The van der Waals surface area contributed by atoms with Gasteiger partial charge in [0.1, 0.15) is 0 Å². The summed E-state index contributed by atoms with van der Waals surface area (Å²) in [6.07, 6.45) is 2.71. The molecule has 80 valence electrons. The van der Waals surface area contributed by atoms with Gasteiger partial charge < -0.3 is 15.3 Å². The van der Waals surface area contributed by atoms with Crippen molar-refractivity contribution in [2.24, 2.45) is 0 Å². The molecule has 0 spiro atoms. The SMILES string of the molecule is CN(C)C1CCC(NC(=O)C(=O)O)C1. The first-order valence-electron chi connectivity index (χ1n) is 4.71. The maximum atomic E-state index is 10.9. The molecule has 2 atom stereocenters. The maximum absolute atomic E-state index is 10.9. The van der Waals surface area contributed by atoms with E-state index in [0.717, 1.165) is 19.3 Å². The topological polar surface area (TPSA) is 69.6 Å². The minimum absolute atomic E-state index is 0.0194. The Hall–Kier alpha value is -1.10. The fourth-order valence-electron chi connectivity index (χ4n) is 1.80. The number of nitrogens with one attached hydrogen (secondary N) is 1. The summed E-state index contributed by atoms with van der Waals surface area (Å²) >= 11 is 0. The molecule has 1 saturated carbocycles. The van der Waals surface area contributed by atoms with Crippen molar-refractivity contribution in [3.8, 4) is 0 Å². The Labute approximate surface area is 83.1 Å². The highest BCUT2D eigenvalue weighted by molar-refractivity contribution is 6.31. The lowest BCUT2D eigenvalue weighted by Crippen LogP contribution is -2.38. The molecule has 0 saturated heterocycles. The second-order valence-electron chi connectivity index (χ2n) is 3.91. The van der Waals surface area contributed by atoms with Crippen LogP contribution in [-0.4, -0.2) is 48.1 Å². The minimum atomic E-state index is -1.40. The average Bonchev–Trinajstić information content (AvgIpc) is 2.52. The molecule has 1 amide bonds. The van der Waals surface area contributed by atoms with Crippen LogP contribution in [0.15, 0.2) is 0 Å². The van der Waals surface area contributed by atoms with E-state index >= 15 is 0 Å². The van der Waals surface area contributed by atoms with Crippen molar-refractivity contribution in [1.29, 1.82) is 0 Å². The van der Waals surface area contributed by atoms with Crippen LogP contribution in [0.2, 0.25) is 0 Å². The van der Waals surface area contributed by atoms with Gasteiger partial charge in [0, 0.05) is 12.1 Å². The van der Waals surface area contributed by atoms with Gasteiger partial charge in [0.2, 0.25) is 0 Å². The molecule has 0 aromatic heterocycles. The Kier molecular flexibility index (Phi) is 3.46. The Morgan fingerprint density at radius 3 is 2.43 bits per heavy atom. The van der Waals surface area contributed by atoms with E-state index in [1.807, 2.05) is 14.1 Å². The highest BCUT2D eigenvalue weighted by atomic mass is 16.4. The van der Waals surface area contributed by atoms with Crippen molar-refractivity contribution in [3.05, 3.63) is 0 Å². The zero-order valence-corrected chi connectivity index (χ0v) is 8.49. The molecule has 0 radical (unpaired) electrons. The van der Waals surface area contributed by atoms with Gasteiger partial charge >= 0.3 is 11.9 Å². The van der Waals surface area contributed by atoms with Crippen molar-refractivity contribution in [2.75, 3.05) is 14.1 Å². The van der Waals surface area contributed by atoms with Crippen LogP contribution in [0, 0.1) is 0 Å². The monoisotopic (exact) mass is 200 g/mol. The second kappa shape index (κ2) is 4.41. The molecule has 0 bridgehead atoms. The number of carboxylic acids is 1. The molecule has 5 heteroatoms. The van der Waals surface area contributed by atoms with E-state index in [1.165, 1.54) is 0 Å². The maximum Gasteiger partial charge on any atom is 0.394 e. The summed E-state index contributed by atoms with van der Waals surface area (Å²) in [5, 5.41) is 10.9. The molecule has 1 fully saturated rings. The Morgan fingerprint density at radius 1 is 1.36 bits per heavy atom. The number of hydrogen-bond donors (Lipinski definition) is 2. The highest BCUT2D eigenvalue weighted by Crippen LogP contribution is 2.22. The van der Waals surface area contributed by atoms with Crippen LogP contribution >= 0.6 is 0 Å². The first-order valence-corrected chi connectivity index (χ1v) is 4.71. The summed E-state index contributed by atoms with van der Waals surface area (Å²) in [6.45, 7) is 0. The number of aliphatic carboxylic acids is 1. The second-order valence-corrected chi connectivity index (χ2v) is 3.91. The van der Waals surface area contributed by atoms with Gasteiger partial charge in [0.05, 0.1) is 0 Å². The Balaban J connectivity index is 2.36. The third kappa shape index (κ3) is 2.70. The number of carbonyl (C=O) groups excluding carboxylic acids is 1. The van der Waals surface area contributed by atoms with E-state index < -0.39 is 11.9 Å². The molecule has 1 aliphatic rings. The summed E-state index contributed by atoms with van der Waals surface area (Å²) < 4.78 is 0. The van der Waals surface area contributed by atoms with E-state index in [-0.39, 0.29) is 6.04 Å². The number of amides is 1. The van der Waals surface area contributed by atoms with Crippen LogP contribution in [0.1, 0.15) is 19.3 Å². The average molecular weight is 200 g/mol. The van der Waals surface area contributed by atoms with Gasteiger partial charge in [0.15, 0.2) is 0 Å². The summed E-state index contributed by atoms with van der Waals surface area (Å²) in [6, 6.07) is 0.472. The van der Waals surface area contributed by atoms with Gasteiger partial charge in [0.25, 0.3) is 0 Å². The number of hydrogen-bond acceptors (Lipinski definition) is 3. The molecular formula is C9H16N2O3. The predicted molar refractivity (Wildman–Crippen MR) is 50.9 cm³/mol. The molecular weight excluding hydrogens is 184 g/mol. The van der Waals surface area contributed by atoms with Crippen LogP contribution in [0.3, 0.4) is 0 Å². The van der Waals surface area contributed by atoms with Crippen molar-refractivity contribution in [2.45, 2.75) is 31.3 Å². The van der Waals surface area contributed by atoms with Crippen LogP contribution in [0.25, 0.3) is 0 Å². The van der Waals surface area contributed by atoms with Crippen LogP contribution in [0.4, 0.5) is 0 Å². The molecule has 2 unspecified atom stereocenters. The summed E-state index contributed by atoms with van der Waals surface area (Å²) in [5.41, 5.74) is 0. The number of carbonyl (C=O) groups is 2. The lowest BCUT2D eigenvalue weighted by Gasteiger charge is -2.18. The van der Waals surface area contributed by atoms with E-state index in [0.29, 0.717) is 6.04 Å². The number of rotatable bonds is 2. The van der Waals surface area contributed by atoms with Crippen molar-refractivity contribution in [1.82, 2.24) is 10.2 Å². The van der Waals surface area contributed by atoms with E-state index in [4.69, 9.17) is 5.11 Å². The largest absolute Gasteiger partial charge is 0.474 e. The molecule has 14 heavy (non-hydrogen) atoms. The van der Waals surface area contributed by atoms with Crippen molar-refractivity contribution in [3.63, 3.8) is 0 Å². The number of carboxylic acid groups (broad SMARTS) is 1. The fraction of sp³-hybridized carbons (Fsp3) is 0.778. The molecule has 2 N–H and O–H groups in total. The third-order valence-electron chi connectivity index (χ3n) is 2.66. The van der Waals surface area contributed by atoms with E-state index in [1.54, 1.807) is 0 Å². The standard InChI is InChI=1S/C9H16N2O3/c1-11(2)7-4-3-6(5-7)10-8(12)9(13)14/h6-7H,3-5H2,1-2H3,(H,10,12)(H,13,14). The highest BCUT2D eigenvalue weighted by Gasteiger charge is 2.28. The lowest BCUT2D eigenvalue weighted by atomic mass is 10.2. The molecule has 0 heterocycles. The van der Waals surface area contributed by atoms with Gasteiger partial charge in [-0.3, -0.25) is 4.79 Å². The third-order valence-corrected chi connectivity index (χ3v) is 2.66. The summed E-state index contributed by atoms with van der Waals surface area (Å²) in [7, 11) is 3.98. The number of nitrogens with zero attached hydrogens (tertiary/aromatic N) is 1. The van der Waals surface area contributed by atoms with Gasteiger partial charge in [-0.2, -0.15) is 0 Å². The van der Waals surface area contributed by atoms with Crippen molar-refractivity contribution < 1.29 is 14.7 Å². The smallest absolute Gasteiger partial charge is 0.394 e. The summed E-state index contributed by atoms with van der Waals surface area (Å²) in [5.74, 6) is -2.30. The molecule has 5 nitrogen and oxygen atoms in total. The summed E-state index contributed by atoms with van der Waals surface area (Å²) in [4.78, 5) is 23.2. The van der Waals surface area contributed by atoms with Gasteiger partial charge in [-0.25, -0.2) is 4.79 Å². The molecule has 1 aliphatic carbocycles. The minimum Gasteiger partial charge on any atom is -0.474 e. The zero-order valence-electron chi connectivity index (χ0n) is 8.49. The Morgan fingerprint density at radius 2 is 2.00 bits per heavy atom. The molecule has 0 aliphatic heterocycles. The van der Waals surface area contributed by atoms with Crippen molar-refractivity contribution >= 4 is 11.9 Å². The van der Waals surface area contributed by atoms with Gasteiger partial charge in [-0.15, -0.1) is 0 Å². The predicted octanol–water partition coefficient (Wildman–Crippen LogP) is -0.330. The normalized spacial score (nSPS) is 26.5. The lowest BCUT2D eigenvalue weighted by molar-refractivity contribution is -0.150. The van der Waals surface area contributed by atoms with Crippen LogP contribution < -0.4 is 5.32 Å². The van der Waals surface area contributed by atoms with Gasteiger partial charge in [-0.1, -0.05) is 0 Å². The molecule has 1 rings (SSSR count). The van der Waals surface area contributed by atoms with Gasteiger partial charge in [-0.05, 0) is 33.4 Å².